The lowest BCUT2D eigenvalue weighted by molar-refractivity contribution is -0.146. The van der Waals surface area contributed by atoms with Crippen LogP contribution >= 0.6 is 0 Å². The number of rotatable bonds is 42. The van der Waals surface area contributed by atoms with Crippen molar-refractivity contribution in [1.82, 2.24) is 0 Å². The van der Waals surface area contributed by atoms with Crippen LogP contribution in [0.1, 0.15) is 25.7 Å². The highest BCUT2D eigenvalue weighted by Crippen LogP contribution is 2.07. The molecule has 0 radical (unpaired) electrons. The third-order valence-corrected chi connectivity index (χ3v) is 6.47. The van der Waals surface area contributed by atoms with E-state index in [-0.39, 0.29) is 32.0 Å². The van der Waals surface area contributed by atoms with Crippen LogP contribution in [0.25, 0.3) is 0 Å². The molecule has 0 atom stereocenters. The van der Waals surface area contributed by atoms with Crippen LogP contribution in [0, 0.1) is 0 Å². The van der Waals surface area contributed by atoms with E-state index in [1.165, 1.54) is 0 Å². The van der Waals surface area contributed by atoms with Gasteiger partial charge in [-0.25, -0.2) is 0 Å². The molecule has 1 aromatic rings. The summed E-state index contributed by atoms with van der Waals surface area (Å²) < 4.78 is 70.6. The molecule has 0 spiro atoms. The largest absolute Gasteiger partial charge is 0.491 e. The molecular weight excluding hydrogens is 688 g/mol. The average Bonchev–Trinajstić information content (AvgIpc) is 3.15. The molecule has 302 valence electrons. The number of esters is 1. The Morgan fingerprint density at radius 3 is 1.00 bits per heavy atom. The van der Waals surface area contributed by atoms with E-state index in [0.29, 0.717) is 158 Å². The van der Waals surface area contributed by atoms with E-state index in [1.54, 1.807) is 0 Å². The molecule has 0 unspecified atom stereocenters. The highest BCUT2D eigenvalue weighted by Gasteiger charge is 2.04. The van der Waals surface area contributed by atoms with Crippen molar-refractivity contribution in [3.63, 3.8) is 0 Å². The molecule has 0 heterocycles. The van der Waals surface area contributed by atoms with Gasteiger partial charge in [-0.15, -0.1) is 0 Å². The van der Waals surface area contributed by atoms with Gasteiger partial charge in [-0.2, -0.15) is 0 Å². The minimum Gasteiger partial charge on any atom is -0.491 e. The van der Waals surface area contributed by atoms with Crippen molar-refractivity contribution >= 4 is 11.9 Å². The van der Waals surface area contributed by atoms with Crippen molar-refractivity contribution in [2.45, 2.75) is 25.7 Å². The maximum Gasteiger partial charge on any atom is 0.305 e. The summed E-state index contributed by atoms with van der Waals surface area (Å²) >= 11 is 0. The zero-order chi connectivity index (χ0) is 37.3. The highest BCUT2D eigenvalue weighted by molar-refractivity contribution is 5.69. The van der Waals surface area contributed by atoms with E-state index in [0.717, 1.165) is 5.75 Å². The van der Waals surface area contributed by atoms with Gasteiger partial charge in [0.15, 0.2) is 0 Å². The number of aliphatic carboxylic acids is 1. The molecular formula is C36H62O16. The third-order valence-electron chi connectivity index (χ3n) is 6.47. The number of hydrogen-bond acceptors (Lipinski definition) is 15. The highest BCUT2D eigenvalue weighted by atomic mass is 16.6. The standard InChI is InChI=1S/C36H62O16/c37-35(38)8-4-5-9-36(39)52-33-31-50-29-27-48-25-23-46-21-19-44-17-15-42-13-11-40-10-12-41-14-16-43-18-20-45-22-24-47-26-28-49-30-32-51-34-6-2-1-3-7-34/h1-3,6-7H,4-5,8-33H2,(H,37,38). The van der Waals surface area contributed by atoms with Gasteiger partial charge in [0.05, 0.1) is 145 Å². The quantitative estimate of drug-likeness (QED) is 0.0762. The summed E-state index contributed by atoms with van der Waals surface area (Å²) in [6, 6.07) is 9.64. The fourth-order valence-corrected chi connectivity index (χ4v) is 3.87. The van der Waals surface area contributed by atoms with Crippen molar-refractivity contribution in [2.75, 3.05) is 159 Å². The molecule has 1 aromatic carbocycles. The second kappa shape index (κ2) is 39.7. The predicted molar refractivity (Wildman–Crippen MR) is 188 cm³/mol. The third kappa shape index (κ3) is 37.3. The molecule has 0 saturated heterocycles. The van der Waals surface area contributed by atoms with E-state index in [1.807, 2.05) is 30.3 Å². The number of carboxylic acid groups (broad SMARTS) is 1. The molecule has 0 aromatic heterocycles. The van der Waals surface area contributed by atoms with E-state index < -0.39 is 5.97 Å². The van der Waals surface area contributed by atoms with Gasteiger partial charge >= 0.3 is 11.9 Å². The number of benzene rings is 1. The van der Waals surface area contributed by atoms with Crippen molar-refractivity contribution in [2.24, 2.45) is 0 Å². The molecule has 16 heteroatoms. The number of carboxylic acids is 1. The average molecular weight is 751 g/mol. The second-order valence-corrected chi connectivity index (χ2v) is 10.7. The molecule has 0 fully saturated rings. The summed E-state index contributed by atoms with van der Waals surface area (Å²) in [6.07, 6.45) is 1.23. The van der Waals surface area contributed by atoms with Crippen LogP contribution in [0.2, 0.25) is 0 Å². The summed E-state index contributed by atoms with van der Waals surface area (Å²) in [5, 5.41) is 8.55. The number of carbonyl (C=O) groups is 2. The lowest BCUT2D eigenvalue weighted by atomic mass is 10.2. The Bertz CT molecular complexity index is 894. The van der Waals surface area contributed by atoms with Crippen molar-refractivity contribution < 1.29 is 76.3 Å². The van der Waals surface area contributed by atoms with E-state index in [9.17, 15) is 9.59 Å². The number of unbranched alkanes of at least 4 members (excludes halogenated alkanes) is 1. The van der Waals surface area contributed by atoms with Gasteiger partial charge in [0.1, 0.15) is 19.0 Å². The minimum atomic E-state index is -0.864. The second-order valence-electron chi connectivity index (χ2n) is 10.7. The van der Waals surface area contributed by atoms with E-state index >= 15 is 0 Å². The molecule has 0 saturated carbocycles. The zero-order valence-corrected chi connectivity index (χ0v) is 30.8. The lowest BCUT2D eigenvalue weighted by Gasteiger charge is -2.09. The number of carbonyl (C=O) groups excluding carboxylic acids is 1. The van der Waals surface area contributed by atoms with Gasteiger partial charge in [0.25, 0.3) is 0 Å². The van der Waals surface area contributed by atoms with Crippen LogP contribution in [0.15, 0.2) is 30.3 Å². The van der Waals surface area contributed by atoms with Gasteiger partial charge in [-0.05, 0) is 25.0 Å². The first-order valence-electron chi connectivity index (χ1n) is 18.1. The molecule has 0 aliphatic heterocycles. The van der Waals surface area contributed by atoms with Crippen LogP contribution in [0.3, 0.4) is 0 Å². The summed E-state index contributed by atoms with van der Waals surface area (Å²) in [5.74, 6) is -0.376. The topological polar surface area (TPSA) is 174 Å². The maximum atomic E-state index is 11.5. The van der Waals surface area contributed by atoms with Crippen LogP contribution < -0.4 is 4.74 Å². The Morgan fingerprint density at radius 2 is 0.673 bits per heavy atom. The van der Waals surface area contributed by atoms with E-state index in [2.05, 4.69) is 0 Å². The van der Waals surface area contributed by atoms with Crippen LogP contribution in [-0.4, -0.2) is 176 Å². The predicted octanol–water partition coefficient (Wildman–Crippen LogP) is 2.44. The van der Waals surface area contributed by atoms with Crippen LogP contribution in [0.4, 0.5) is 0 Å². The summed E-state index contributed by atoms with van der Waals surface area (Å²) in [6.45, 7) is 11.0. The normalized spacial score (nSPS) is 11.2. The molecule has 1 rings (SSSR count). The monoisotopic (exact) mass is 750 g/mol. The van der Waals surface area contributed by atoms with Crippen molar-refractivity contribution in [3.05, 3.63) is 30.3 Å². The Balaban J connectivity index is 1.62. The number of hydrogen-bond donors (Lipinski definition) is 1. The lowest BCUT2D eigenvalue weighted by Crippen LogP contribution is -2.16. The Kier molecular flexibility index (Phi) is 36.3. The smallest absolute Gasteiger partial charge is 0.305 e. The van der Waals surface area contributed by atoms with E-state index in [4.69, 9.17) is 66.7 Å². The summed E-state index contributed by atoms with van der Waals surface area (Å²) in [7, 11) is 0. The molecule has 0 aliphatic carbocycles. The fraction of sp³-hybridized carbons (Fsp3) is 0.778. The number of para-hydroxylation sites is 1. The van der Waals surface area contributed by atoms with Crippen LogP contribution in [0.5, 0.6) is 5.75 Å². The summed E-state index contributed by atoms with van der Waals surface area (Å²) in [4.78, 5) is 21.9. The maximum absolute atomic E-state index is 11.5. The van der Waals surface area contributed by atoms with Crippen molar-refractivity contribution in [1.29, 1.82) is 0 Å². The zero-order valence-electron chi connectivity index (χ0n) is 30.8. The van der Waals surface area contributed by atoms with Crippen LogP contribution in [-0.2, 0) is 66.4 Å². The SMILES string of the molecule is O=C(O)CCCCC(=O)OCCOCCOCCOCCOCCOCCOCCOCCOCCOCCOCCOCCOc1ccccc1. The molecule has 16 nitrogen and oxygen atoms in total. The molecule has 52 heavy (non-hydrogen) atoms. The molecule has 0 bridgehead atoms. The number of ether oxygens (including phenoxy) is 13. The minimum absolute atomic E-state index is 0.0584. The van der Waals surface area contributed by atoms with Crippen molar-refractivity contribution in [3.8, 4) is 5.75 Å². The van der Waals surface area contributed by atoms with Gasteiger partial charge in [-0.1, -0.05) is 18.2 Å². The van der Waals surface area contributed by atoms with Gasteiger partial charge in [0, 0.05) is 12.8 Å². The summed E-state index contributed by atoms with van der Waals surface area (Å²) in [5.41, 5.74) is 0. The first kappa shape index (κ1) is 47.5. The molecule has 0 amide bonds. The first-order chi connectivity index (χ1) is 25.7. The molecule has 0 aliphatic rings. The first-order valence-corrected chi connectivity index (χ1v) is 18.1. The molecule has 1 N–H and O–H groups in total. The Hall–Kier alpha value is -2.48. The Morgan fingerprint density at radius 1 is 0.385 bits per heavy atom. The van der Waals surface area contributed by atoms with Gasteiger partial charge in [-0.3, -0.25) is 9.59 Å². The fourth-order valence-electron chi connectivity index (χ4n) is 3.87. The van der Waals surface area contributed by atoms with Gasteiger partial charge in [0.2, 0.25) is 0 Å². The van der Waals surface area contributed by atoms with Gasteiger partial charge < -0.3 is 66.7 Å². The Labute approximate surface area is 308 Å².